The average molecular weight is 289 g/mol. The summed E-state index contributed by atoms with van der Waals surface area (Å²) >= 11 is 0. The van der Waals surface area contributed by atoms with Crippen molar-refractivity contribution in [3.05, 3.63) is 48.0 Å². The largest absolute Gasteiger partial charge is 0.309 e. The van der Waals surface area contributed by atoms with Gasteiger partial charge in [-0.25, -0.2) is 8.42 Å². The lowest BCUT2D eigenvalue weighted by Crippen LogP contribution is -2.39. The molecule has 0 bridgehead atoms. The quantitative estimate of drug-likeness (QED) is 0.944. The van der Waals surface area contributed by atoms with Crippen molar-refractivity contribution < 1.29 is 8.42 Å². The van der Waals surface area contributed by atoms with Crippen LogP contribution in [-0.4, -0.2) is 26.0 Å². The van der Waals surface area contributed by atoms with Crippen LogP contribution in [0.25, 0.3) is 10.8 Å². The van der Waals surface area contributed by atoms with Gasteiger partial charge in [-0.05, 0) is 29.2 Å². The van der Waals surface area contributed by atoms with E-state index in [1.807, 2.05) is 12.1 Å². The molecular formula is C16H19NO2S. The second-order valence-corrected chi connectivity index (χ2v) is 7.70. The van der Waals surface area contributed by atoms with Crippen molar-refractivity contribution in [3.63, 3.8) is 0 Å². The molecule has 1 atom stereocenters. The predicted octanol–water partition coefficient (Wildman–Crippen LogP) is 2.51. The van der Waals surface area contributed by atoms with Gasteiger partial charge in [0.2, 0.25) is 0 Å². The van der Waals surface area contributed by atoms with Gasteiger partial charge >= 0.3 is 0 Å². The van der Waals surface area contributed by atoms with E-state index in [-0.39, 0.29) is 11.8 Å². The number of rotatable bonds is 3. The zero-order valence-electron chi connectivity index (χ0n) is 11.4. The lowest BCUT2D eigenvalue weighted by atomic mass is 10.0. The summed E-state index contributed by atoms with van der Waals surface area (Å²) < 4.78 is 23.3. The molecule has 3 rings (SSSR count). The summed E-state index contributed by atoms with van der Waals surface area (Å²) in [4.78, 5) is 0. The molecule has 3 nitrogen and oxygen atoms in total. The molecule has 20 heavy (non-hydrogen) atoms. The highest BCUT2D eigenvalue weighted by molar-refractivity contribution is 7.91. The van der Waals surface area contributed by atoms with Gasteiger partial charge in [0.1, 0.15) is 0 Å². The average Bonchev–Trinajstić information content (AvgIpc) is 2.44. The minimum Gasteiger partial charge on any atom is -0.309 e. The summed E-state index contributed by atoms with van der Waals surface area (Å²) in [5, 5.41) is 5.87. The molecule has 1 aliphatic heterocycles. The molecule has 2 aromatic rings. The van der Waals surface area contributed by atoms with E-state index in [0.717, 1.165) is 19.4 Å². The summed E-state index contributed by atoms with van der Waals surface area (Å²) in [7, 11) is -2.84. The summed E-state index contributed by atoms with van der Waals surface area (Å²) in [6.07, 6.45) is 1.72. The van der Waals surface area contributed by atoms with Crippen LogP contribution in [0.1, 0.15) is 18.4 Å². The van der Waals surface area contributed by atoms with E-state index in [4.69, 9.17) is 0 Å². The second kappa shape index (κ2) is 5.54. The third kappa shape index (κ3) is 3.02. The normalized spacial score (nSPS) is 21.9. The van der Waals surface area contributed by atoms with Gasteiger partial charge in [0.25, 0.3) is 0 Å². The van der Waals surface area contributed by atoms with Crippen LogP contribution >= 0.6 is 0 Å². The van der Waals surface area contributed by atoms with E-state index in [1.165, 1.54) is 16.3 Å². The summed E-state index contributed by atoms with van der Waals surface area (Å²) in [5.74, 6) is 0.622. The van der Waals surface area contributed by atoms with Gasteiger partial charge in [-0.1, -0.05) is 42.5 Å². The van der Waals surface area contributed by atoms with Crippen LogP contribution in [0.15, 0.2) is 42.5 Å². The minimum atomic E-state index is -2.84. The molecule has 1 fully saturated rings. The molecule has 0 spiro atoms. The Kier molecular flexibility index (Phi) is 3.76. The Bertz CT molecular complexity index is 704. The molecule has 0 amide bonds. The molecule has 4 heteroatoms. The molecule has 1 aliphatic rings. The molecule has 106 valence electrons. The number of benzene rings is 2. The van der Waals surface area contributed by atoms with Crippen LogP contribution in [0, 0.1) is 0 Å². The lowest BCUT2D eigenvalue weighted by Gasteiger charge is -2.23. The highest BCUT2D eigenvalue weighted by Crippen LogP contribution is 2.19. The van der Waals surface area contributed by atoms with Crippen LogP contribution in [0.2, 0.25) is 0 Å². The highest BCUT2D eigenvalue weighted by Gasteiger charge is 2.24. The number of fused-ring (bicyclic) bond motifs is 1. The fraction of sp³-hybridized carbons (Fsp3) is 0.375. The fourth-order valence-electron chi connectivity index (χ4n) is 2.88. The zero-order chi connectivity index (χ0) is 14.0. The zero-order valence-corrected chi connectivity index (χ0v) is 12.2. The molecule has 0 saturated carbocycles. The highest BCUT2D eigenvalue weighted by atomic mass is 32.2. The van der Waals surface area contributed by atoms with Crippen molar-refractivity contribution in [3.8, 4) is 0 Å². The van der Waals surface area contributed by atoms with E-state index in [0.29, 0.717) is 5.75 Å². The molecule has 0 radical (unpaired) electrons. The first-order valence-corrected chi connectivity index (χ1v) is 8.87. The third-order valence-corrected chi connectivity index (χ3v) is 5.75. The fourth-order valence-corrected chi connectivity index (χ4v) is 4.56. The maximum Gasteiger partial charge on any atom is 0.151 e. The first-order chi connectivity index (χ1) is 9.64. The van der Waals surface area contributed by atoms with Crippen molar-refractivity contribution in [1.82, 2.24) is 5.32 Å². The summed E-state index contributed by atoms with van der Waals surface area (Å²) in [6, 6.07) is 14.6. The van der Waals surface area contributed by atoms with Crippen LogP contribution in [-0.2, 0) is 16.4 Å². The van der Waals surface area contributed by atoms with Crippen molar-refractivity contribution in [2.24, 2.45) is 0 Å². The van der Waals surface area contributed by atoms with Crippen LogP contribution in [0.5, 0.6) is 0 Å². The Hall–Kier alpha value is -1.39. The topological polar surface area (TPSA) is 46.2 Å². The molecule has 1 heterocycles. The molecule has 1 N–H and O–H groups in total. The van der Waals surface area contributed by atoms with Crippen molar-refractivity contribution in [1.29, 1.82) is 0 Å². The SMILES string of the molecule is O=S1(=O)CCCC(NCc2cccc3ccccc23)C1. The van der Waals surface area contributed by atoms with Gasteiger partial charge in [0.15, 0.2) is 9.84 Å². The Labute approximate surface area is 119 Å². The van der Waals surface area contributed by atoms with Gasteiger partial charge in [0, 0.05) is 12.6 Å². The Morgan fingerprint density at radius 3 is 2.75 bits per heavy atom. The third-order valence-electron chi connectivity index (χ3n) is 3.92. The van der Waals surface area contributed by atoms with E-state index in [1.54, 1.807) is 0 Å². The summed E-state index contributed by atoms with van der Waals surface area (Å²) in [6.45, 7) is 0.724. The van der Waals surface area contributed by atoms with Gasteiger partial charge in [-0.15, -0.1) is 0 Å². The molecule has 2 aromatic carbocycles. The molecule has 0 aromatic heterocycles. The maximum atomic E-state index is 11.6. The van der Waals surface area contributed by atoms with E-state index >= 15 is 0 Å². The van der Waals surface area contributed by atoms with E-state index in [9.17, 15) is 8.42 Å². The van der Waals surface area contributed by atoms with Crippen molar-refractivity contribution in [2.45, 2.75) is 25.4 Å². The Morgan fingerprint density at radius 1 is 1.10 bits per heavy atom. The van der Waals surface area contributed by atoms with E-state index < -0.39 is 9.84 Å². The van der Waals surface area contributed by atoms with Gasteiger partial charge in [-0.3, -0.25) is 0 Å². The number of sulfone groups is 1. The van der Waals surface area contributed by atoms with Gasteiger partial charge in [0.05, 0.1) is 11.5 Å². The van der Waals surface area contributed by atoms with Crippen LogP contribution in [0.3, 0.4) is 0 Å². The number of hydrogen-bond acceptors (Lipinski definition) is 3. The number of hydrogen-bond donors (Lipinski definition) is 1. The van der Waals surface area contributed by atoms with Gasteiger partial charge in [-0.2, -0.15) is 0 Å². The lowest BCUT2D eigenvalue weighted by molar-refractivity contribution is 0.481. The Balaban J connectivity index is 1.74. The summed E-state index contributed by atoms with van der Waals surface area (Å²) in [5.41, 5.74) is 1.23. The van der Waals surface area contributed by atoms with Gasteiger partial charge < -0.3 is 5.32 Å². The monoisotopic (exact) mass is 289 g/mol. The first kappa shape index (κ1) is 13.6. The number of nitrogens with one attached hydrogen (secondary N) is 1. The molecular weight excluding hydrogens is 270 g/mol. The predicted molar refractivity (Wildman–Crippen MR) is 82.5 cm³/mol. The molecule has 1 unspecified atom stereocenters. The molecule has 0 aliphatic carbocycles. The minimum absolute atomic E-state index is 0.0905. The second-order valence-electron chi connectivity index (χ2n) is 5.47. The standard InChI is InChI=1S/C16H19NO2S/c18-20(19)10-4-8-15(12-20)17-11-14-7-3-6-13-5-1-2-9-16(13)14/h1-3,5-7,9,15,17H,4,8,10-12H2. The van der Waals surface area contributed by atoms with Crippen LogP contribution in [0.4, 0.5) is 0 Å². The smallest absolute Gasteiger partial charge is 0.151 e. The maximum absolute atomic E-state index is 11.6. The van der Waals surface area contributed by atoms with E-state index in [2.05, 4.69) is 35.6 Å². The van der Waals surface area contributed by atoms with Crippen LogP contribution < -0.4 is 5.32 Å². The Morgan fingerprint density at radius 2 is 1.90 bits per heavy atom. The first-order valence-electron chi connectivity index (χ1n) is 7.04. The van der Waals surface area contributed by atoms with Crippen molar-refractivity contribution in [2.75, 3.05) is 11.5 Å². The molecule has 1 saturated heterocycles. The van der Waals surface area contributed by atoms with Crippen molar-refractivity contribution >= 4 is 20.6 Å².